The average molecular weight is 579 g/mol. The lowest BCUT2D eigenvalue weighted by Gasteiger charge is -2.56. The Morgan fingerprint density at radius 3 is 2.38 bits per heavy atom. The van der Waals surface area contributed by atoms with E-state index in [0.29, 0.717) is 12.0 Å². The Balaban J connectivity index is 1.81. The molecule has 2 fully saturated rings. The highest BCUT2D eigenvalue weighted by Crippen LogP contribution is 2.68. The molecule has 1 aromatic rings. The molecule has 4 N–H and O–H groups in total. The van der Waals surface area contributed by atoms with Gasteiger partial charge in [-0.3, -0.25) is 9.59 Å². The first kappa shape index (κ1) is 29.8. The van der Waals surface area contributed by atoms with Gasteiger partial charge in [-0.25, -0.2) is 4.79 Å². The molecule has 5 aliphatic rings. The fourth-order valence-corrected chi connectivity index (χ4v) is 7.20. The van der Waals surface area contributed by atoms with Crippen LogP contribution in [-0.2, 0) is 27.2 Å². The van der Waals surface area contributed by atoms with Gasteiger partial charge in [0.05, 0.1) is 11.7 Å². The summed E-state index contributed by atoms with van der Waals surface area (Å²) in [5, 5.41) is 43.3. The van der Waals surface area contributed by atoms with E-state index in [1.54, 1.807) is 19.1 Å². The van der Waals surface area contributed by atoms with Crippen molar-refractivity contribution in [1.29, 1.82) is 0 Å². The number of ketones is 2. The molecule has 5 atom stereocenters. The number of carbonyl (C=O) groups excluding carboxylic acids is 2. The van der Waals surface area contributed by atoms with Crippen molar-refractivity contribution in [3.63, 3.8) is 0 Å². The molecular weight excluding hydrogens is 540 g/mol. The van der Waals surface area contributed by atoms with Gasteiger partial charge in [0.25, 0.3) is 0 Å². The number of carboxylic acid groups (broad SMARTS) is 1. The number of carbonyl (C=O) groups is 3. The summed E-state index contributed by atoms with van der Waals surface area (Å²) in [5.41, 5.74) is -2.68. The number of aliphatic hydroxyl groups excluding tert-OH is 1. The van der Waals surface area contributed by atoms with E-state index < -0.39 is 52.2 Å². The van der Waals surface area contributed by atoms with Crippen molar-refractivity contribution in [3.05, 3.63) is 63.8 Å². The van der Waals surface area contributed by atoms with E-state index in [4.69, 9.17) is 9.47 Å². The first-order valence-electron chi connectivity index (χ1n) is 14.2. The highest BCUT2D eigenvalue weighted by Gasteiger charge is 2.81. The van der Waals surface area contributed by atoms with Crippen LogP contribution in [0.5, 0.6) is 17.2 Å². The number of benzene rings is 1. The number of hydrogen-bond donors (Lipinski definition) is 4. The highest BCUT2D eigenvalue weighted by molar-refractivity contribution is 6.18. The molecule has 2 aliphatic heterocycles. The van der Waals surface area contributed by atoms with Crippen molar-refractivity contribution in [2.75, 3.05) is 0 Å². The van der Waals surface area contributed by atoms with Crippen molar-refractivity contribution in [3.8, 4) is 17.2 Å². The van der Waals surface area contributed by atoms with Gasteiger partial charge < -0.3 is 29.9 Å². The largest absolute Gasteiger partial charge is 0.507 e. The van der Waals surface area contributed by atoms with Gasteiger partial charge in [-0.05, 0) is 54.4 Å². The predicted molar refractivity (Wildman–Crippen MR) is 154 cm³/mol. The van der Waals surface area contributed by atoms with E-state index in [0.717, 1.165) is 5.57 Å². The summed E-state index contributed by atoms with van der Waals surface area (Å²) in [4.78, 5) is 40.3. The zero-order valence-electron chi connectivity index (χ0n) is 24.8. The van der Waals surface area contributed by atoms with Crippen LogP contribution in [0.4, 0.5) is 0 Å². The minimum atomic E-state index is -1.73. The summed E-state index contributed by atoms with van der Waals surface area (Å²) >= 11 is 0. The maximum atomic E-state index is 14.5. The van der Waals surface area contributed by atoms with E-state index in [9.17, 15) is 34.8 Å². The van der Waals surface area contributed by atoms with E-state index in [-0.39, 0.29) is 64.4 Å². The van der Waals surface area contributed by atoms with Gasteiger partial charge >= 0.3 is 5.97 Å². The first-order chi connectivity index (χ1) is 19.5. The summed E-state index contributed by atoms with van der Waals surface area (Å²) in [6.07, 6.45) is 3.89. The molecule has 1 spiro atoms. The molecule has 0 aromatic heterocycles. The molecule has 0 radical (unpaired) electrons. The Morgan fingerprint density at radius 2 is 1.79 bits per heavy atom. The summed E-state index contributed by atoms with van der Waals surface area (Å²) in [6.45, 7) is 14.2. The lowest BCUT2D eigenvalue weighted by molar-refractivity contribution is -0.171. The van der Waals surface area contributed by atoms with Gasteiger partial charge in [0.2, 0.25) is 0 Å². The molecule has 1 saturated carbocycles. The van der Waals surface area contributed by atoms with Crippen molar-refractivity contribution in [2.45, 2.75) is 90.1 Å². The van der Waals surface area contributed by atoms with Crippen LogP contribution in [0.1, 0.15) is 75.9 Å². The molecule has 42 heavy (non-hydrogen) atoms. The van der Waals surface area contributed by atoms with Crippen molar-refractivity contribution >= 4 is 17.5 Å². The fraction of sp³-hybridized carbons (Fsp3) is 0.485. The molecule has 6 rings (SSSR count). The summed E-state index contributed by atoms with van der Waals surface area (Å²) < 4.78 is 13.4. The lowest BCUT2D eigenvalue weighted by Crippen LogP contribution is -2.72. The molecule has 0 amide bonds. The number of fused-ring (bicyclic) bond motifs is 1. The minimum absolute atomic E-state index is 0.0115. The Bertz CT molecular complexity index is 1540. The quantitative estimate of drug-likeness (QED) is 0.258. The highest BCUT2D eigenvalue weighted by atomic mass is 16.6. The number of aromatic hydroxyl groups is 2. The van der Waals surface area contributed by atoms with E-state index in [2.05, 4.69) is 6.58 Å². The third kappa shape index (κ3) is 3.93. The van der Waals surface area contributed by atoms with Crippen LogP contribution in [0, 0.1) is 11.8 Å². The van der Waals surface area contributed by atoms with Crippen LogP contribution >= 0.6 is 0 Å². The van der Waals surface area contributed by atoms with Gasteiger partial charge in [0.1, 0.15) is 22.8 Å². The van der Waals surface area contributed by atoms with Crippen molar-refractivity contribution in [1.82, 2.24) is 0 Å². The molecule has 2 heterocycles. The van der Waals surface area contributed by atoms with Crippen LogP contribution in [0.2, 0.25) is 0 Å². The Labute approximate surface area is 244 Å². The van der Waals surface area contributed by atoms with E-state index in [1.165, 1.54) is 13.0 Å². The molecule has 9 nitrogen and oxygen atoms in total. The van der Waals surface area contributed by atoms with Gasteiger partial charge in [-0.2, -0.15) is 0 Å². The Kier molecular flexibility index (Phi) is 6.86. The third-order valence-electron chi connectivity index (χ3n) is 9.40. The van der Waals surface area contributed by atoms with Gasteiger partial charge in [-0.1, -0.05) is 36.0 Å². The van der Waals surface area contributed by atoms with Crippen LogP contribution in [0.25, 0.3) is 0 Å². The minimum Gasteiger partial charge on any atom is -0.507 e. The molecule has 1 aromatic carbocycles. The number of rotatable bonds is 8. The maximum absolute atomic E-state index is 14.5. The molecular formula is C33H38O9. The van der Waals surface area contributed by atoms with Crippen molar-refractivity contribution in [2.24, 2.45) is 11.8 Å². The van der Waals surface area contributed by atoms with Gasteiger partial charge in [0, 0.05) is 47.0 Å². The number of phenolic OH excluding ortho intramolecular Hbond substituents is 2. The van der Waals surface area contributed by atoms with Crippen LogP contribution in [0.15, 0.2) is 47.1 Å². The van der Waals surface area contributed by atoms with Crippen LogP contribution < -0.4 is 4.74 Å². The molecule has 3 aliphatic carbocycles. The second kappa shape index (κ2) is 9.67. The molecule has 1 saturated heterocycles. The second-order valence-electron chi connectivity index (χ2n) is 12.8. The standard InChI is InChI=1S/C33H38O9/c1-15(2)8-9-19-25(35)20(14-22(34)16(3)4)28-24(26(19)36)27(37)21-12-18-13-23-31(6,7)42-32(29(18)38,33(21,23)41-28)11-10-17(5)30(39)40/h8,10,12,18,22-23,34-36H,3,9,11,13-14H2,1-2,4-7H3,(H,39,40)/t18-,22+,23+,32+,33-/m0/s1. The average Bonchev–Trinajstić information content (AvgIpc) is 3.06. The number of carboxylic acids is 1. The SMILES string of the molecule is C=C(C)[C@H](O)Cc1c(O)c(CC=C(C)C)c(O)c2c1O[C@@]13C(=C[C@H]4C[C@@H]1C(C)(C)O[C@]3(CC=C(C)C(=O)O)C4=O)C2=O. The number of aliphatic hydroxyl groups is 1. The number of Topliss-reactive ketones (excluding diaryl/α,β-unsaturated/α-hetero) is 2. The van der Waals surface area contributed by atoms with Gasteiger partial charge in [-0.15, -0.1) is 0 Å². The fourth-order valence-electron chi connectivity index (χ4n) is 7.20. The van der Waals surface area contributed by atoms with Gasteiger partial charge in [0.15, 0.2) is 22.8 Å². The maximum Gasteiger partial charge on any atom is 0.330 e. The monoisotopic (exact) mass is 578 g/mol. The van der Waals surface area contributed by atoms with Crippen LogP contribution in [-0.4, -0.2) is 60.9 Å². The zero-order chi connectivity index (χ0) is 31.1. The smallest absolute Gasteiger partial charge is 0.330 e. The Hall–Kier alpha value is -3.69. The third-order valence-corrected chi connectivity index (χ3v) is 9.40. The second-order valence-corrected chi connectivity index (χ2v) is 12.8. The normalized spacial score (nSPS) is 29.3. The predicted octanol–water partition coefficient (Wildman–Crippen LogP) is 4.51. The lowest BCUT2D eigenvalue weighted by atomic mass is 9.51. The van der Waals surface area contributed by atoms with E-state index in [1.807, 2.05) is 27.7 Å². The molecule has 224 valence electrons. The number of ether oxygens (including phenoxy) is 2. The van der Waals surface area contributed by atoms with Crippen LogP contribution in [0.3, 0.4) is 0 Å². The number of phenols is 2. The first-order valence-corrected chi connectivity index (χ1v) is 14.2. The topological polar surface area (TPSA) is 151 Å². The molecule has 9 heteroatoms. The number of allylic oxidation sites excluding steroid dienone is 3. The van der Waals surface area contributed by atoms with Crippen molar-refractivity contribution < 1.29 is 44.3 Å². The number of aliphatic carboxylic acids is 1. The molecule has 4 bridgehead atoms. The summed E-state index contributed by atoms with van der Waals surface area (Å²) in [5.74, 6) is -4.02. The molecule has 0 unspecified atom stereocenters. The summed E-state index contributed by atoms with van der Waals surface area (Å²) in [6, 6.07) is 0. The van der Waals surface area contributed by atoms with E-state index >= 15 is 0 Å². The number of hydrogen-bond acceptors (Lipinski definition) is 8. The summed E-state index contributed by atoms with van der Waals surface area (Å²) in [7, 11) is 0. The zero-order valence-corrected chi connectivity index (χ0v) is 24.8. The Morgan fingerprint density at radius 1 is 1.12 bits per heavy atom.